The molecule has 0 radical (unpaired) electrons. The first-order chi connectivity index (χ1) is 5.79. The van der Waals surface area contributed by atoms with Gasteiger partial charge in [-0.05, 0) is 18.9 Å². The third-order valence-corrected chi connectivity index (χ3v) is 1.76. The molecule has 1 saturated heterocycles. The fourth-order valence-electron chi connectivity index (χ4n) is 1.14. The summed E-state index contributed by atoms with van der Waals surface area (Å²) in [6, 6.07) is 0. The predicted molar refractivity (Wildman–Crippen MR) is 48.0 cm³/mol. The minimum absolute atomic E-state index is 0.0162. The van der Waals surface area contributed by atoms with Crippen molar-refractivity contribution in [2.45, 2.75) is 26.6 Å². The van der Waals surface area contributed by atoms with Gasteiger partial charge in [-0.25, -0.2) is 0 Å². The summed E-state index contributed by atoms with van der Waals surface area (Å²) in [6.45, 7) is 7.91. The molecule has 1 N–H and O–H groups in total. The summed E-state index contributed by atoms with van der Waals surface area (Å²) in [5.41, 5.74) is 0. The fraction of sp³-hybridized carbons (Fsp3) is 1.00. The molecule has 12 heavy (non-hydrogen) atoms. The molecule has 1 heterocycles. The van der Waals surface area contributed by atoms with Crippen molar-refractivity contribution in [2.24, 2.45) is 5.92 Å². The minimum atomic E-state index is -0.0162. The number of rotatable bonds is 4. The van der Waals surface area contributed by atoms with E-state index in [0.29, 0.717) is 5.92 Å². The van der Waals surface area contributed by atoms with E-state index < -0.39 is 0 Å². The van der Waals surface area contributed by atoms with E-state index in [-0.39, 0.29) is 6.29 Å². The molecule has 1 rings (SSSR count). The lowest BCUT2D eigenvalue weighted by atomic mass is 10.2. The van der Waals surface area contributed by atoms with Crippen molar-refractivity contribution in [1.29, 1.82) is 0 Å². The fourth-order valence-corrected chi connectivity index (χ4v) is 1.14. The van der Waals surface area contributed by atoms with Crippen LogP contribution < -0.4 is 5.32 Å². The SMILES string of the molecule is CC(C)CNCC1OCCCO1. The van der Waals surface area contributed by atoms with Crippen LogP contribution in [0.4, 0.5) is 0 Å². The molecule has 0 aliphatic carbocycles. The summed E-state index contributed by atoms with van der Waals surface area (Å²) in [7, 11) is 0. The van der Waals surface area contributed by atoms with Crippen molar-refractivity contribution in [3.63, 3.8) is 0 Å². The molecule has 72 valence electrons. The molecule has 1 aliphatic heterocycles. The van der Waals surface area contributed by atoms with Gasteiger partial charge >= 0.3 is 0 Å². The topological polar surface area (TPSA) is 30.5 Å². The molecule has 0 aromatic rings. The summed E-state index contributed by atoms with van der Waals surface area (Å²) in [4.78, 5) is 0. The number of nitrogens with one attached hydrogen (secondary N) is 1. The lowest BCUT2D eigenvalue weighted by molar-refractivity contribution is -0.175. The van der Waals surface area contributed by atoms with Gasteiger partial charge in [0.1, 0.15) is 0 Å². The van der Waals surface area contributed by atoms with Crippen molar-refractivity contribution < 1.29 is 9.47 Å². The number of hydrogen-bond acceptors (Lipinski definition) is 3. The summed E-state index contributed by atoms with van der Waals surface area (Å²) in [6.07, 6.45) is 1.01. The third-order valence-electron chi connectivity index (χ3n) is 1.76. The van der Waals surface area contributed by atoms with Crippen LogP contribution in [0.15, 0.2) is 0 Å². The van der Waals surface area contributed by atoms with E-state index in [9.17, 15) is 0 Å². The first kappa shape index (κ1) is 9.96. The Morgan fingerprint density at radius 3 is 2.58 bits per heavy atom. The van der Waals surface area contributed by atoms with E-state index in [1.54, 1.807) is 0 Å². The second-order valence-corrected chi connectivity index (χ2v) is 3.58. The van der Waals surface area contributed by atoms with Gasteiger partial charge in [0, 0.05) is 6.54 Å². The second-order valence-electron chi connectivity index (χ2n) is 3.58. The summed E-state index contributed by atoms with van der Waals surface area (Å²) in [5, 5.41) is 3.30. The molecule has 1 fully saturated rings. The molecule has 0 amide bonds. The standard InChI is InChI=1S/C9H19NO2/c1-8(2)6-10-7-9-11-4-3-5-12-9/h8-10H,3-7H2,1-2H3. The van der Waals surface area contributed by atoms with Gasteiger partial charge in [0.05, 0.1) is 13.2 Å². The van der Waals surface area contributed by atoms with Crippen molar-refractivity contribution in [3.8, 4) is 0 Å². The van der Waals surface area contributed by atoms with E-state index in [1.165, 1.54) is 0 Å². The Balaban J connectivity index is 1.98. The molecule has 0 unspecified atom stereocenters. The van der Waals surface area contributed by atoms with E-state index in [1.807, 2.05) is 0 Å². The summed E-state index contributed by atoms with van der Waals surface area (Å²) in [5.74, 6) is 0.689. The number of ether oxygens (including phenoxy) is 2. The summed E-state index contributed by atoms with van der Waals surface area (Å²) >= 11 is 0. The van der Waals surface area contributed by atoms with Gasteiger partial charge in [-0.1, -0.05) is 13.8 Å². The van der Waals surface area contributed by atoms with Gasteiger partial charge in [-0.3, -0.25) is 0 Å². The minimum Gasteiger partial charge on any atom is -0.351 e. The Morgan fingerprint density at radius 1 is 1.33 bits per heavy atom. The highest BCUT2D eigenvalue weighted by molar-refractivity contribution is 4.57. The largest absolute Gasteiger partial charge is 0.351 e. The van der Waals surface area contributed by atoms with Crippen LogP contribution in [0.1, 0.15) is 20.3 Å². The third kappa shape index (κ3) is 4.04. The van der Waals surface area contributed by atoms with E-state index in [4.69, 9.17) is 9.47 Å². The zero-order valence-electron chi connectivity index (χ0n) is 8.01. The van der Waals surface area contributed by atoms with E-state index >= 15 is 0 Å². The van der Waals surface area contributed by atoms with Crippen LogP contribution in [0, 0.1) is 5.92 Å². The van der Waals surface area contributed by atoms with Gasteiger partial charge in [0.15, 0.2) is 6.29 Å². The van der Waals surface area contributed by atoms with Crippen molar-refractivity contribution in [1.82, 2.24) is 5.32 Å². The quantitative estimate of drug-likeness (QED) is 0.688. The molecule has 0 saturated carbocycles. The van der Waals surface area contributed by atoms with E-state index in [0.717, 1.165) is 32.7 Å². The average molecular weight is 173 g/mol. The van der Waals surface area contributed by atoms with Crippen LogP contribution >= 0.6 is 0 Å². The molecular weight excluding hydrogens is 154 g/mol. The van der Waals surface area contributed by atoms with Gasteiger partial charge in [-0.15, -0.1) is 0 Å². The van der Waals surface area contributed by atoms with Gasteiger partial charge in [-0.2, -0.15) is 0 Å². The normalized spacial score (nSPS) is 20.2. The van der Waals surface area contributed by atoms with Crippen molar-refractivity contribution in [2.75, 3.05) is 26.3 Å². The van der Waals surface area contributed by atoms with Crippen LogP contribution in [-0.2, 0) is 9.47 Å². The molecular formula is C9H19NO2. The molecule has 0 aromatic heterocycles. The Hall–Kier alpha value is -0.120. The maximum atomic E-state index is 5.38. The first-order valence-electron chi connectivity index (χ1n) is 4.73. The van der Waals surface area contributed by atoms with Gasteiger partial charge < -0.3 is 14.8 Å². The van der Waals surface area contributed by atoms with Crippen molar-refractivity contribution >= 4 is 0 Å². The van der Waals surface area contributed by atoms with E-state index in [2.05, 4.69) is 19.2 Å². The van der Waals surface area contributed by atoms with Crippen molar-refractivity contribution in [3.05, 3.63) is 0 Å². The van der Waals surface area contributed by atoms with Crippen LogP contribution in [0.25, 0.3) is 0 Å². The molecule has 0 bridgehead atoms. The second kappa shape index (κ2) is 5.51. The predicted octanol–water partition coefficient (Wildman–Crippen LogP) is 0.995. The van der Waals surface area contributed by atoms with Crippen LogP contribution in [0.5, 0.6) is 0 Å². The molecule has 0 spiro atoms. The zero-order valence-corrected chi connectivity index (χ0v) is 8.01. The highest BCUT2D eigenvalue weighted by atomic mass is 16.7. The van der Waals surface area contributed by atoms with Gasteiger partial charge in [0.25, 0.3) is 0 Å². The van der Waals surface area contributed by atoms with Crippen LogP contribution in [0.3, 0.4) is 0 Å². The molecule has 1 aliphatic rings. The average Bonchev–Trinajstić information content (AvgIpc) is 2.05. The molecule has 3 heteroatoms. The Bertz CT molecular complexity index is 111. The highest BCUT2D eigenvalue weighted by Gasteiger charge is 2.12. The Kier molecular flexibility index (Phi) is 4.58. The number of hydrogen-bond donors (Lipinski definition) is 1. The molecule has 0 aromatic carbocycles. The highest BCUT2D eigenvalue weighted by Crippen LogP contribution is 2.03. The first-order valence-corrected chi connectivity index (χ1v) is 4.73. The lowest BCUT2D eigenvalue weighted by Gasteiger charge is -2.23. The maximum absolute atomic E-state index is 5.38. The van der Waals surface area contributed by atoms with Crippen LogP contribution in [0.2, 0.25) is 0 Å². The molecule has 3 nitrogen and oxygen atoms in total. The lowest BCUT2D eigenvalue weighted by Crippen LogP contribution is -2.36. The van der Waals surface area contributed by atoms with Gasteiger partial charge in [0.2, 0.25) is 0 Å². The smallest absolute Gasteiger partial charge is 0.169 e. The maximum Gasteiger partial charge on any atom is 0.169 e. The summed E-state index contributed by atoms with van der Waals surface area (Å²) < 4.78 is 10.8. The van der Waals surface area contributed by atoms with Crippen LogP contribution in [-0.4, -0.2) is 32.6 Å². The zero-order chi connectivity index (χ0) is 8.81. The molecule has 0 atom stereocenters. The monoisotopic (exact) mass is 173 g/mol. The Morgan fingerprint density at radius 2 is 2.00 bits per heavy atom. The Labute approximate surface area is 74.4 Å².